The summed E-state index contributed by atoms with van der Waals surface area (Å²) in [6.45, 7) is 6.03. The van der Waals surface area contributed by atoms with E-state index in [0.717, 1.165) is 11.3 Å². The Morgan fingerprint density at radius 3 is 2.67 bits per heavy atom. The molecule has 124 valence electrons. The van der Waals surface area contributed by atoms with Gasteiger partial charge in [-0.1, -0.05) is 60.6 Å². The molecule has 7 heteroatoms. The van der Waals surface area contributed by atoms with Gasteiger partial charge >= 0.3 is 0 Å². The van der Waals surface area contributed by atoms with Gasteiger partial charge in [-0.2, -0.15) is 4.98 Å². The summed E-state index contributed by atoms with van der Waals surface area (Å²) in [6, 6.07) is 9.46. The molecule has 0 aliphatic carbocycles. The first-order valence-corrected chi connectivity index (χ1v) is 8.63. The Labute approximate surface area is 143 Å². The molecule has 0 aliphatic heterocycles. The van der Waals surface area contributed by atoms with Crippen molar-refractivity contribution in [3.63, 3.8) is 0 Å². The van der Waals surface area contributed by atoms with Crippen molar-refractivity contribution >= 4 is 11.8 Å². The largest absolute Gasteiger partial charge is 0.338 e. The van der Waals surface area contributed by atoms with Gasteiger partial charge < -0.3 is 9.51 Å². The van der Waals surface area contributed by atoms with E-state index in [1.807, 2.05) is 45.0 Å². The van der Waals surface area contributed by atoms with Crippen LogP contribution in [0.3, 0.4) is 0 Å². The number of H-pyrrole nitrogens is 1. The Morgan fingerprint density at radius 1 is 1.21 bits per heavy atom. The predicted octanol–water partition coefficient (Wildman–Crippen LogP) is 3.54. The minimum absolute atomic E-state index is 0.151. The summed E-state index contributed by atoms with van der Waals surface area (Å²) in [5.74, 6) is 1.70. The van der Waals surface area contributed by atoms with Crippen molar-refractivity contribution in [3.8, 4) is 11.4 Å². The van der Waals surface area contributed by atoms with Gasteiger partial charge in [0.05, 0.1) is 11.4 Å². The zero-order chi connectivity index (χ0) is 17.1. The van der Waals surface area contributed by atoms with Crippen LogP contribution in [0, 0.1) is 6.92 Å². The molecule has 0 saturated heterocycles. The molecular formula is C17H18N4O2S. The van der Waals surface area contributed by atoms with Gasteiger partial charge in [-0.05, 0) is 12.8 Å². The Hall–Kier alpha value is -2.41. The SMILES string of the molecule is Cc1ccc(-c2noc(CSc3nc(C(C)C)cc(=O)[nH]3)n2)cc1. The quantitative estimate of drug-likeness (QED) is 0.564. The molecule has 0 spiro atoms. The Kier molecular flexibility index (Phi) is 4.80. The van der Waals surface area contributed by atoms with Gasteiger partial charge in [-0.15, -0.1) is 0 Å². The first-order chi connectivity index (χ1) is 11.5. The molecule has 0 fully saturated rings. The summed E-state index contributed by atoms with van der Waals surface area (Å²) in [5.41, 5.74) is 2.71. The molecule has 0 aliphatic rings. The van der Waals surface area contributed by atoms with Gasteiger partial charge in [-0.3, -0.25) is 4.79 Å². The van der Waals surface area contributed by atoms with Gasteiger partial charge in [0.2, 0.25) is 11.7 Å². The number of nitrogens with one attached hydrogen (secondary N) is 1. The Bertz CT molecular complexity index is 884. The highest BCUT2D eigenvalue weighted by atomic mass is 32.2. The van der Waals surface area contributed by atoms with Crippen LogP contribution in [0.25, 0.3) is 11.4 Å². The highest BCUT2D eigenvalue weighted by Gasteiger charge is 2.11. The van der Waals surface area contributed by atoms with Gasteiger partial charge in [0.25, 0.3) is 5.56 Å². The highest BCUT2D eigenvalue weighted by molar-refractivity contribution is 7.98. The molecule has 3 aromatic rings. The average Bonchev–Trinajstić information content (AvgIpc) is 3.02. The fourth-order valence-electron chi connectivity index (χ4n) is 2.08. The molecule has 2 aromatic heterocycles. The third kappa shape index (κ3) is 3.91. The van der Waals surface area contributed by atoms with Gasteiger partial charge in [-0.25, -0.2) is 4.98 Å². The van der Waals surface area contributed by atoms with Crippen LogP contribution in [0.2, 0.25) is 0 Å². The third-order valence-corrected chi connectivity index (χ3v) is 4.30. The molecule has 0 bridgehead atoms. The van der Waals surface area contributed by atoms with E-state index >= 15 is 0 Å². The van der Waals surface area contributed by atoms with Crippen molar-refractivity contribution in [1.82, 2.24) is 20.1 Å². The molecule has 6 nitrogen and oxygen atoms in total. The zero-order valence-electron chi connectivity index (χ0n) is 13.7. The van der Waals surface area contributed by atoms with E-state index in [1.54, 1.807) is 0 Å². The topological polar surface area (TPSA) is 84.7 Å². The number of thioether (sulfide) groups is 1. The van der Waals surface area contributed by atoms with Crippen LogP contribution < -0.4 is 5.56 Å². The summed E-state index contributed by atoms with van der Waals surface area (Å²) in [5, 5.41) is 4.56. The van der Waals surface area contributed by atoms with E-state index in [1.165, 1.54) is 23.4 Å². The van der Waals surface area contributed by atoms with Crippen LogP contribution in [0.4, 0.5) is 0 Å². The molecular weight excluding hydrogens is 324 g/mol. The molecule has 0 atom stereocenters. The molecule has 2 heterocycles. The number of benzene rings is 1. The van der Waals surface area contributed by atoms with Crippen molar-refractivity contribution in [1.29, 1.82) is 0 Å². The van der Waals surface area contributed by atoms with E-state index in [4.69, 9.17) is 4.52 Å². The van der Waals surface area contributed by atoms with E-state index in [0.29, 0.717) is 22.6 Å². The van der Waals surface area contributed by atoms with Gasteiger partial charge in [0.15, 0.2) is 5.16 Å². The fraction of sp³-hybridized carbons (Fsp3) is 0.294. The minimum Gasteiger partial charge on any atom is -0.338 e. The number of aromatic amines is 1. The Morgan fingerprint density at radius 2 is 1.96 bits per heavy atom. The molecule has 0 saturated carbocycles. The lowest BCUT2D eigenvalue weighted by atomic mass is 10.1. The zero-order valence-corrected chi connectivity index (χ0v) is 14.6. The van der Waals surface area contributed by atoms with Crippen LogP contribution in [0.1, 0.15) is 36.9 Å². The Balaban J connectivity index is 1.72. The van der Waals surface area contributed by atoms with Crippen molar-refractivity contribution in [2.45, 2.75) is 37.6 Å². The summed E-state index contributed by atoms with van der Waals surface area (Å²) < 4.78 is 5.28. The summed E-state index contributed by atoms with van der Waals surface area (Å²) in [7, 11) is 0. The molecule has 24 heavy (non-hydrogen) atoms. The predicted molar refractivity (Wildman–Crippen MR) is 93.0 cm³/mol. The summed E-state index contributed by atoms with van der Waals surface area (Å²) in [6.07, 6.45) is 0. The van der Waals surface area contributed by atoms with Gasteiger partial charge in [0, 0.05) is 11.6 Å². The van der Waals surface area contributed by atoms with E-state index < -0.39 is 0 Å². The number of hydrogen-bond acceptors (Lipinski definition) is 6. The normalized spacial score (nSPS) is 11.2. The van der Waals surface area contributed by atoms with Crippen molar-refractivity contribution < 1.29 is 4.52 Å². The first kappa shape index (κ1) is 16.4. The van der Waals surface area contributed by atoms with E-state index in [2.05, 4.69) is 20.1 Å². The number of aromatic nitrogens is 4. The second-order valence-electron chi connectivity index (χ2n) is 5.80. The minimum atomic E-state index is -0.151. The summed E-state index contributed by atoms with van der Waals surface area (Å²) >= 11 is 1.37. The van der Waals surface area contributed by atoms with Crippen molar-refractivity contribution in [3.05, 3.63) is 57.8 Å². The maximum Gasteiger partial charge on any atom is 0.251 e. The third-order valence-electron chi connectivity index (χ3n) is 3.44. The van der Waals surface area contributed by atoms with Crippen LogP contribution in [0.5, 0.6) is 0 Å². The molecule has 0 amide bonds. The first-order valence-electron chi connectivity index (χ1n) is 7.65. The lowest BCUT2D eigenvalue weighted by Crippen LogP contribution is -2.10. The lowest BCUT2D eigenvalue weighted by Gasteiger charge is -2.05. The number of rotatable bonds is 5. The standard InChI is InChI=1S/C17H18N4O2S/c1-10(2)13-8-14(22)19-17(18-13)24-9-15-20-16(21-23-15)12-6-4-11(3)5-7-12/h4-8,10H,9H2,1-3H3,(H,18,19,22). The highest BCUT2D eigenvalue weighted by Crippen LogP contribution is 2.22. The maximum absolute atomic E-state index is 11.7. The molecule has 1 aromatic carbocycles. The van der Waals surface area contributed by atoms with Crippen molar-refractivity contribution in [2.24, 2.45) is 0 Å². The smallest absolute Gasteiger partial charge is 0.251 e. The van der Waals surface area contributed by atoms with E-state index in [-0.39, 0.29) is 11.5 Å². The molecule has 1 N–H and O–H groups in total. The van der Waals surface area contributed by atoms with Crippen molar-refractivity contribution in [2.75, 3.05) is 0 Å². The second-order valence-corrected chi connectivity index (χ2v) is 6.76. The molecule has 0 unspecified atom stereocenters. The fourth-order valence-corrected chi connectivity index (χ4v) is 2.80. The lowest BCUT2D eigenvalue weighted by molar-refractivity contribution is 0.391. The second kappa shape index (κ2) is 7.00. The van der Waals surface area contributed by atoms with Crippen LogP contribution in [-0.2, 0) is 5.75 Å². The number of aryl methyl sites for hydroxylation is 1. The monoisotopic (exact) mass is 342 g/mol. The average molecular weight is 342 g/mol. The maximum atomic E-state index is 11.7. The summed E-state index contributed by atoms with van der Waals surface area (Å²) in [4.78, 5) is 23.2. The molecule has 3 rings (SSSR count). The van der Waals surface area contributed by atoms with Crippen LogP contribution >= 0.6 is 11.8 Å². The number of nitrogens with zero attached hydrogens (tertiary/aromatic N) is 3. The van der Waals surface area contributed by atoms with Crippen LogP contribution in [-0.4, -0.2) is 20.1 Å². The molecule has 0 radical (unpaired) electrons. The van der Waals surface area contributed by atoms with Gasteiger partial charge in [0.1, 0.15) is 0 Å². The van der Waals surface area contributed by atoms with E-state index in [9.17, 15) is 4.79 Å². The van der Waals surface area contributed by atoms with Crippen LogP contribution in [0.15, 0.2) is 44.8 Å². The number of hydrogen-bond donors (Lipinski definition) is 1.